The van der Waals surface area contributed by atoms with Crippen molar-refractivity contribution in [3.8, 4) is 0 Å². The molecule has 1 saturated heterocycles. The Balaban J connectivity index is 1.63. The van der Waals surface area contributed by atoms with Crippen LogP contribution in [-0.4, -0.2) is 53.2 Å². The van der Waals surface area contributed by atoms with Crippen LogP contribution in [0.5, 0.6) is 0 Å². The zero-order valence-corrected chi connectivity index (χ0v) is 13.3. The Bertz CT molecular complexity index is 476. The number of halogens is 1. The molecule has 1 saturated carbocycles. The number of benzene rings is 1. The van der Waals surface area contributed by atoms with Gasteiger partial charge in [0.05, 0.1) is 0 Å². The number of nitrogens with zero attached hydrogens (tertiary/aromatic N) is 2. The van der Waals surface area contributed by atoms with Gasteiger partial charge in [0.15, 0.2) is 0 Å². The van der Waals surface area contributed by atoms with Crippen LogP contribution in [0.25, 0.3) is 0 Å². The third-order valence-corrected chi connectivity index (χ3v) is 5.22. The summed E-state index contributed by atoms with van der Waals surface area (Å²) in [6.07, 6.45) is 6.10. The highest BCUT2D eigenvalue weighted by Gasteiger charge is 2.33. The Morgan fingerprint density at radius 3 is 2.64 bits per heavy atom. The molecule has 1 aromatic rings. The molecule has 0 spiro atoms. The van der Waals surface area contributed by atoms with E-state index in [-0.39, 0.29) is 12.4 Å². The molecule has 1 aromatic carbocycles. The van der Waals surface area contributed by atoms with Gasteiger partial charge in [0.2, 0.25) is 0 Å². The number of piperazine rings is 1. The molecule has 1 aliphatic carbocycles. The topological polar surface area (TPSA) is 26.7 Å². The van der Waals surface area contributed by atoms with E-state index in [0.29, 0.717) is 18.6 Å². The summed E-state index contributed by atoms with van der Waals surface area (Å²) in [7, 11) is 0. The van der Waals surface area contributed by atoms with E-state index in [1.807, 2.05) is 12.1 Å². The maximum absolute atomic E-state index is 13.8. The highest BCUT2D eigenvalue weighted by molar-refractivity contribution is 5.17. The predicted molar refractivity (Wildman–Crippen MR) is 86.1 cm³/mol. The molecular formula is C18H27FN2O. The van der Waals surface area contributed by atoms with Crippen LogP contribution in [0.2, 0.25) is 0 Å². The molecule has 1 N–H and O–H groups in total. The second-order valence-corrected chi connectivity index (χ2v) is 6.67. The molecule has 4 heteroatoms. The van der Waals surface area contributed by atoms with Gasteiger partial charge in [-0.2, -0.15) is 0 Å². The summed E-state index contributed by atoms with van der Waals surface area (Å²) in [5.74, 6) is -0.112. The zero-order chi connectivity index (χ0) is 15.4. The van der Waals surface area contributed by atoms with Gasteiger partial charge in [-0.3, -0.25) is 9.80 Å². The molecule has 0 aromatic heterocycles. The molecule has 0 radical (unpaired) electrons. The van der Waals surface area contributed by atoms with Crippen molar-refractivity contribution in [2.24, 2.45) is 0 Å². The molecule has 3 rings (SSSR count). The van der Waals surface area contributed by atoms with Gasteiger partial charge in [0.1, 0.15) is 5.82 Å². The van der Waals surface area contributed by atoms with Crippen molar-refractivity contribution in [2.75, 3.05) is 26.2 Å². The summed E-state index contributed by atoms with van der Waals surface area (Å²) in [6.45, 7) is 3.89. The first-order valence-corrected chi connectivity index (χ1v) is 8.60. The van der Waals surface area contributed by atoms with Crippen LogP contribution in [-0.2, 0) is 6.54 Å². The Kier molecular flexibility index (Phi) is 5.45. The number of hydrogen-bond donors (Lipinski definition) is 1. The van der Waals surface area contributed by atoms with E-state index in [1.54, 1.807) is 6.07 Å². The van der Waals surface area contributed by atoms with Crippen molar-refractivity contribution < 1.29 is 9.50 Å². The third-order valence-electron chi connectivity index (χ3n) is 5.22. The maximum Gasteiger partial charge on any atom is 0.127 e. The van der Waals surface area contributed by atoms with E-state index in [9.17, 15) is 9.50 Å². The Hall–Kier alpha value is -0.970. The van der Waals surface area contributed by atoms with Gasteiger partial charge in [0, 0.05) is 50.4 Å². The van der Waals surface area contributed by atoms with Crippen molar-refractivity contribution in [3.05, 3.63) is 35.6 Å². The smallest absolute Gasteiger partial charge is 0.127 e. The van der Waals surface area contributed by atoms with E-state index < -0.39 is 0 Å². The third kappa shape index (κ3) is 3.67. The minimum atomic E-state index is -0.112. The van der Waals surface area contributed by atoms with Gasteiger partial charge in [-0.1, -0.05) is 31.0 Å². The molecule has 1 atom stereocenters. The average molecular weight is 306 g/mol. The lowest BCUT2D eigenvalue weighted by Gasteiger charge is -2.44. The summed E-state index contributed by atoms with van der Waals surface area (Å²) in [5.41, 5.74) is 0.777. The first-order chi connectivity index (χ1) is 10.8. The van der Waals surface area contributed by atoms with E-state index in [0.717, 1.165) is 31.6 Å². The van der Waals surface area contributed by atoms with E-state index in [2.05, 4.69) is 9.80 Å². The fraction of sp³-hybridized carbons (Fsp3) is 0.667. The SMILES string of the molecule is OCCC1CN(Cc2ccccc2F)CCN1C1CCCC1. The molecule has 2 fully saturated rings. The zero-order valence-electron chi connectivity index (χ0n) is 13.3. The number of aliphatic hydroxyl groups excluding tert-OH is 1. The van der Waals surface area contributed by atoms with Crippen LogP contribution >= 0.6 is 0 Å². The molecule has 2 aliphatic rings. The van der Waals surface area contributed by atoms with Crippen molar-refractivity contribution in [1.82, 2.24) is 9.80 Å². The van der Waals surface area contributed by atoms with Gasteiger partial charge in [-0.25, -0.2) is 4.39 Å². The van der Waals surface area contributed by atoms with Crippen LogP contribution in [0.4, 0.5) is 4.39 Å². The number of aliphatic hydroxyl groups is 1. The fourth-order valence-electron chi connectivity index (χ4n) is 4.07. The molecular weight excluding hydrogens is 279 g/mol. The lowest BCUT2D eigenvalue weighted by molar-refractivity contribution is 0.0263. The monoisotopic (exact) mass is 306 g/mol. The molecule has 1 heterocycles. The number of hydrogen-bond acceptors (Lipinski definition) is 3. The second kappa shape index (κ2) is 7.53. The number of rotatable bonds is 5. The lowest BCUT2D eigenvalue weighted by Crippen LogP contribution is -2.56. The van der Waals surface area contributed by atoms with Crippen LogP contribution < -0.4 is 0 Å². The molecule has 22 heavy (non-hydrogen) atoms. The summed E-state index contributed by atoms with van der Waals surface area (Å²) in [5, 5.41) is 9.39. The molecule has 0 amide bonds. The van der Waals surface area contributed by atoms with Gasteiger partial charge in [0.25, 0.3) is 0 Å². The maximum atomic E-state index is 13.8. The highest BCUT2D eigenvalue weighted by atomic mass is 19.1. The van der Waals surface area contributed by atoms with E-state index in [1.165, 1.54) is 31.7 Å². The molecule has 122 valence electrons. The van der Waals surface area contributed by atoms with Crippen molar-refractivity contribution >= 4 is 0 Å². The second-order valence-electron chi connectivity index (χ2n) is 6.67. The van der Waals surface area contributed by atoms with Crippen LogP contribution in [0.1, 0.15) is 37.7 Å². The van der Waals surface area contributed by atoms with Crippen molar-refractivity contribution in [2.45, 2.75) is 50.7 Å². The molecule has 1 unspecified atom stereocenters. The van der Waals surface area contributed by atoms with Gasteiger partial charge in [-0.15, -0.1) is 0 Å². The van der Waals surface area contributed by atoms with Crippen LogP contribution in [0.3, 0.4) is 0 Å². The molecule has 0 bridgehead atoms. The van der Waals surface area contributed by atoms with Gasteiger partial charge in [-0.05, 0) is 25.3 Å². The standard InChI is InChI=1S/C18H27FN2O/c19-18-8-4-1-5-15(18)13-20-10-11-21(16-6-2-3-7-16)17(14-20)9-12-22/h1,4-5,8,16-17,22H,2-3,6-7,9-14H2. The van der Waals surface area contributed by atoms with Gasteiger partial charge >= 0.3 is 0 Å². The Labute approximate surface area is 132 Å². The van der Waals surface area contributed by atoms with Crippen LogP contribution in [0, 0.1) is 5.82 Å². The summed E-state index contributed by atoms with van der Waals surface area (Å²) < 4.78 is 13.8. The first kappa shape index (κ1) is 15.9. The Morgan fingerprint density at radius 2 is 1.91 bits per heavy atom. The minimum Gasteiger partial charge on any atom is -0.396 e. The molecule has 1 aliphatic heterocycles. The quantitative estimate of drug-likeness (QED) is 0.906. The van der Waals surface area contributed by atoms with Crippen molar-refractivity contribution in [1.29, 1.82) is 0 Å². The van der Waals surface area contributed by atoms with E-state index in [4.69, 9.17) is 0 Å². The summed E-state index contributed by atoms with van der Waals surface area (Å²) >= 11 is 0. The largest absolute Gasteiger partial charge is 0.396 e. The van der Waals surface area contributed by atoms with Gasteiger partial charge < -0.3 is 5.11 Å². The minimum absolute atomic E-state index is 0.112. The average Bonchev–Trinajstić information content (AvgIpc) is 3.04. The van der Waals surface area contributed by atoms with E-state index >= 15 is 0 Å². The fourth-order valence-corrected chi connectivity index (χ4v) is 4.07. The Morgan fingerprint density at radius 1 is 1.14 bits per heavy atom. The summed E-state index contributed by atoms with van der Waals surface area (Å²) in [4.78, 5) is 4.95. The first-order valence-electron chi connectivity index (χ1n) is 8.60. The lowest BCUT2D eigenvalue weighted by atomic mass is 10.0. The predicted octanol–water partition coefficient (Wildman–Crippen LogP) is 2.64. The summed E-state index contributed by atoms with van der Waals surface area (Å²) in [6, 6.07) is 8.17. The van der Waals surface area contributed by atoms with Crippen molar-refractivity contribution in [3.63, 3.8) is 0 Å². The highest BCUT2D eigenvalue weighted by Crippen LogP contribution is 2.28. The molecule has 3 nitrogen and oxygen atoms in total. The van der Waals surface area contributed by atoms with Crippen LogP contribution in [0.15, 0.2) is 24.3 Å². The normalized spacial score (nSPS) is 24.9.